The van der Waals surface area contributed by atoms with Gasteiger partial charge in [0.05, 0.1) is 5.69 Å². The molecule has 0 atom stereocenters. The third kappa shape index (κ3) is 0.621. The van der Waals surface area contributed by atoms with Crippen molar-refractivity contribution in [1.82, 2.24) is 10.3 Å². The molecule has 1 N–H and O–H groups in total. The Bertz CT molecular complexity index is 257. The minimum absolute atomic E-state index is 0.339. The van der Waals surface area contributed by atoms with Crippen LogP contribution >= 0.6 is 0 Å². The maximum Gasteiger partial charge on any atom is 0.347 e. The van der Waals surface area contributed by atoms with Crippen LogP contribution < -0.4 is 10.6 Å². The van der Waals surface area contributed by atoms with Crippen LogP contribution in [0.25, 0.3) is 0 Å². The third-order valence-corrected chi connectivity index (χ3v) is 1.24. The van der Waals surface area contributed by atoms with Crippen LogP contribution in [0.5, 0.6) is 0 Å². The van der Waals surface area contributed by atoms with E-state index in [9.17, 15) is 4.79 Å². The Hall–Kier alpha value is -1.58. The van der Waals surface area contributed by atoms with Crippen LogP contribution in [-0.2, 0) is 0 Å². The molecule has 0 bridgehead atoms. The summed E-state index contributed by atoms with van der Waals surface area (Å²) in [6.45, 7) is 0. The molecule has 0 fully saturated rings. The van der Waals surface area contributed by atoms with Gasteiger partial charge in [0.15, 0.2) is 5.82 Å². The number of carbonyl (C=O) groups excluding carboxylic acids is 1. The minimum atomic E-state index is -0.339. The molecule has 4 heteroatoms. The lowest BCUT2D eigenvalue weighted by atomic mass is 10.4. The summed E-state index contributed by atoms with van der Waals surface area (Å²) in [5.41, 5.74) is 0.688. The smallest absolute Gasteiger partial charge is 0.303 e. The molecule has 0 aliphatic carbocycles. The second-order valence-corrected chi connectivity index (χ2v) is 1.92. The van der Waals surface area contributed by atoms with Gasteiger partial charge in [-0.2, -0.15) is 5.32 Å². The first kappa shape index (κ1) is 5.22. The summed E-state index contributed by atoms with van der Waals surface area (Å²) in [5.74, 6) is 0.479. The van der Waals surface area contributed by atoms with Gasteiger partial charge in [-0.25, -0.2) is 9.78 Å². The fraction of sp³-hybridized carbons (Fsp3) is 0. The molecule has 1 radical (unpaired) electrons. The van der Waals surface area contributed by atoms with Crippen molar-refractivity contribution in [2.24, 2.45) is 0 Å². The highest BCUT2D eigenvalue weighted by atomic mass is 16.2. The number of urea groups is 1. The highest BCUT2D eigenvalue weighted by molar-refractivity contribution is 6.00. The molecule has 0 unspecified atom stereocenters. The SMILES string of the molecule is O=C1[N]c2ncccc2N1. The van der Waals surface area contributed by atoms with Crippen LogP contribution in [0.15, 0.2) is 18.3 Å². The number of hydrogen-bond donors (Lipinski definition) is 1. The second-order valence-electron chi connectivity index (χ2n) is 1.92. The lowest BCUT2D eigenvalue weighted by Gasteiger charge is -1.89. The zero-order valence-corrected chi connectivity index (χ0v) is 5.03. The number of amides is 2. The Balaban J connectivity index is 2.51. The molecule has 0 saturated carbocycles. The number of nitrogens with one attached hydrogen (secondary N) is 1. The van der Waals surface area contributed by atoms with Crippen LogP contribution in [-0.4, -0.2) is 11.0 Å². The summed E-state index contributed by atoms with van der Waals surface area (Å²) >= 11 is 0. The van der Waals surface area contributed by atoms with Gasteiger partial charge < -0.3 is 5.32 Å². The minimum Gasteiger partial charge on any atom is -0.303 e. The number of fused-ring (bicyclic) bond motifs is 1. The van der Waals surface area contributed by atoms with E-state index in [0.29, 0.717) is 11.5 Å². The van der Waals surface area contributed by atoms with Gasteiger partial charge in [0.25, 0.3) is 0 Å². The Morgan fingerprint density at radius 1 is 1.50 bits per heavy atom. The average molecular weight is 134 g/mol. The lowest BCUT2D eigenvalue weighted by molar-refractivity contribution is 0.256. The number of hydrogen-bond acceptors (Lipinski definition) is 2. The van der Waals surface area contributed by atoms with Gasteiger partial charge >= 0.3 is 6.03 Å². The van der Waals surface area contributed by atoms with Crippen molar-refractivity contribution < 1.29 is 4.79 Å². The molecule has 0 spiro atoms. The molecular formula is C6H4N3O. The Morgan fingerprint density at radius 3 is 3.20 bits per heavy atom. The first-order valence-electron chi connectivity index (χ1n) is 2.84. The molecule has 49 valence electrons. The average Bonchev–Trinajstić information content (AvgIpc) is 2.27. The highest BCUT2D eigenvalue weighted by Gasteiger charge is 2.18. The van der Waals surface area contributed by atoms with Crippen LogP contribution in [0.2, 0.25) is 0 Å². The van der Waals surface area contributed by atoms with Gasteiger partial charge in [-0.1, -0.05) is 0 Å². The van der Waals surface area contributed by atoms with Crippen molar-refractivity contribution >= 4 is 17.5 Å². The first-order valence-corrected chi connectivity index (χ1v) is 2.84. The van der Waals surface area contributed by atoms with Crippen LogP contribution in [0.3, 0.4) is 0 Å². The van der Waals surface area contributed by atoms with Crippen molar-refractivity contribution in [1.29, 1.82) is 0 Å². The molecule has 1 aromatic heterocycles. The molecule has 2 rings (SSSR count). The van der Waals surface area contributed by atoms with Crippen LogP contribution in [0.1, 0.15) is 0 Å². The molecule has 1 aliphatic rings. The van der Waals surface area contributed by atoms with Crippen LogP contribution in [0.4, 0.5) is 16.3 Å². The molecule has 2 amide bonds. The number of carbonyl (C=O) groups is 1. The summed E-state index contributed by atoms with van der Waals surface area (Å²) in [4.78, 5) is 14.4. The summed E-state index contributed by atoms with van der Waals surface area (Å²) < 4.78 is 0. The third-order valence-electron chi connectivity index (χ3n) is 1.24. The van der Waals surface area contributed by atoms with E-state index < -0.39 is 0 Å². The normalized spacial score (nSPS) is 13.8. The van der Waals surface area contributed by atoms with Crippen LogP contribution in [0, 0.1) is 0 Å². The molecule has 10 heavy (non-hydrogen) atoms. The van der Waals surface area contributed by atoms with E-state index in [0.717, 1.165) is 0 Å². The van der Waals surface area contributed by atoms with Crippen molar-refractivity contribution in [2.75, 3.05) is 5.32 Å². The first-order chi connectivity index (χ1) is 4.86. The fourth-order valence-electron chi connectivity index (χ4n) is 0.823. The van der Waals surface area contributed by atoms with Crippen molar-refractivity contribution in [3.63, 3.8) is 0 Å². The van der Waals surface area contributed by atoms with E-state index in [4.69, 9.17) is 0 Å². The highest BCUT2D eigenvalue weighted by Crippen LogP contribution is 2.22. The predicted octanol–water partition coefficient (Wildman–Crippen LogP) is 0.863. The summed E-state index contributed by atoms with van der Waals surface area (Å²) in [6.07, 6.45) is 1.60. The van der Waals surface area contributed by atoms with Gasteiger partial charge in [-0.15, -0.1) is 0 Å². The largest absolute Gasteiger partial charge is 0.347 e. The molecule has 0 aromatic carbocycles. The zero-order valence-electron chi connectivity index (χ0n) is 5.03. The van der Waals surface area contributed by atoms with Gasteiger partial charge in [0, 0.05) is 6.20 Å². The quantitative estimate of drug-likeness (QED) is 0.572. The number of pyridine rings is 1. The van der Waals surface area contributed by atoms with Crippen molar-refractivity contribution in [3.05, 3.63) is 18.3 Å². The Labute approximate surface area is 57.3 Å². The standard InChI is InChI=1S/C6H4N3O/c10-6-8-4-2-1-3-7-5(4)9-6/h1-3H,(H,8,10). The van der Waals surface area contributed by atoms with Gasteiger partial charge in [-0.05, 0) is 12.1 Å². The van der Waals surface area contributed by atoms with Crippen molar-refractivity contribution in [2.45, 2.75) is 0 Å². The maximum absolute atomic E-state index is 10.6. The summed E-state index contributed by atoms with van der Waals surface area (Å²) in [7, 11) is 0. The van der Waals surface area contributed by atoms with E-state index in [1.807, 2.05) is 0 Å². The number of nitrogens with zero attached hydrogens (tertiary/aromatic N) is 2. The summed E-state index contributed by atoms with van der Waals surface area (Å²) in [6, 6.07) is 3.17. The second kappa shape index (κ2) is 1.70. The molecular weight excluding hydrogens is 130 g/mol. The topological polar surface area (TPSA) is 56.1 Å². The molecule has 4 nitrogen and oxygen atoms in total. The van der Waals surface area contributed by atoms with E-state index in [2.05, 4.69) is 15.6 Å². The lowest BCUT2D eigenvalue weighted by Crippen LogP contribution is -2.08. The number of aromatic nitrogens is 1. The van der Waals surface area contributed by atoms with E-state index >= 15 is 0 Å². The van der Waals surface area contributed by atoms with Gasteiger partial charge in [0.1, 0.15) is 0 Å². The number of anilines is 1. The number of rotatable bonds is 0. The predicted molar refractivity (Wildman–Crippen MR) is 35.0 cm³/mol. The van der Waals surface area contributed by atoms with Crippen molar-refractivity contribution in [3.8, 4) is 0 Å². The molecule has 2 heterocycles. The molecule has 1 aromatic rings. The van der Waals surface area contributed by atoms with E-state index in [1.165, 1.54) is 0 Å². The zero-order chi connectivity index (χ0) is 6.97. The molecule has 1 aliphatic heterocycles. The summed E-state index contributed by atoms with van der Waals surface area (Å²) in [5, 5.41) is 6.12. The molecule has 0 saturated heterocycles. The van der Waals surface area contributed by atoms with E-state index in [1.54, 1.807) is 18.3 Å². The van der Waals surface area contributed by atoms with Gasteiger partial charge in [-0.3, -0.25) is 0 Å². The van der Waals surface area contributed by atoms with Gasteiger partial charge in [0.2, 0.25) is 0 Å². The van der Waals surface area contributed by atoms with E-state index in [-0.39, 0.29) is 6.03 Å². The maximum atomic E-state index is 10.6. The Morgan fingerprint density at radius 2 is 2.40 bits per heavy atom. The Kier molecular flexibility index (Phi) is 0.887. The fourth-order valence-corrected chi connectivity index (χ4v) is 0.823. The monoisotopic (exact) mass is 134 g/mol.